The van der Waals surface area contributed by atoms with Crippen LogP contribution in [0, 0.1) is 0 Å². The fraction of sp³-hybridized carbons (Fsp3) is 0.375. The van der Waals surface area contributed by atoms with Crippen molar-refractivity contribution in [3.8, 4) is 0 Å². The molecule has 2 N–H and O–H groups in total. The molecule has 0 aliphatic rings. The first-order valence-corrected chi connectivity index (χ1v) is 8.23. The van der Waals surface area contributed by atoms with E-state index in [4.69, 9.17) is 0 Å². The molecule has 22 heavy (non-hydrogen) atoms. The van der Waals surface area contributed by atoms with Gasteiger partial charge in [0.05, 0.1) is 6.33 Å². The number of imidazole rings is 1. The molecule has 0 unspecified atom stereocenters. The molecule has 1 aromatic carbocycles. The smallest absolute Gasteiger partial charge is 0.315 e. The Hall–Kier alpha value is -1.95. The summed E-state index contributed by atoms with van der Waals surface area (Å²) in [6.45, 7) is 5.42. The van der Waals surface area contributed by atoms with Gasteiger partial charge in [-0.15, -0.1) is 11.8 Å². The molecule has 2 rings (SSSR count). The summed E-state index contributed by atoms with van der Waals surface area (Å²) in [5, 5.41) is 6.16. The van der Waals surface area contributed by atoms with E-state index in [1.807, 2.05) is 35.9 Å². The highest BCUT2D eigenvalue weighted by Crippen LogP contribution is 2.21. The maximum Gasteiger partial charge on any atom is 0.315 e. The number of aromatic nitrogens is 2. The lowest BCUT2D eigenvalue weighted by atomic mass is 10.3. The second kappa shape index (κ2) is 8.48. The Bertz CT molecular complexity index is 559. The molecule has 0 spiro atoms. The maximum absolute atomic E-state index is 11.9. The van der Waals surface area contributed by atoms with Crippen molar-refractivity contribution in [3.63, 3.8) is 0 Å². The third-order valence-electron chi connectivity index (χ3n) is 3.05. The van der Waals surface area contributed by atoms with Gasteiger partial charge in [-0.2, -0.15) is 0 Å². The first-order chi connectivity index (χ1) is 10.6. The second-order valence-electron chi connectivity index (χ2n) is 5.26. The highest BCUT2D eigenvalue weighted by molar-refractivity contribution is 8.00. The zero-order valence-corrected chi connectivity index (χ0v) is 13.7. The summed E-state index contributed by atoms with van der Waals surface area (Å²) in [5.41, 5.74) is 0. The summed E-state index contributed by atoms with van der Waals surface area (Å²) in [4.78, 5) is 17.1. The number of carbonyl (C=O) groups excluding carboxylic acids is 1. The molecule has 1 heterocycles. The summed E-state index contributed by atoms with van der Waals surface area (Å²) in [7, 11) is 0. The molecular formula is C16H22N4OS. The van der Waals surface area contributed by atoms with Gasteiger partial charge in [0.1, 0.15) is 0 Å². The number of rotatable bonds is 7. The predicted octanol–water partition coefficient (Wildman–Crippen LogP) is 2.75. The zero-order chi connectivity index (χ0) is 15.8. The first kappa shape index (κ1) is 16.4. The molecule has 0 saturated heterocycles. The van der Waals surface area contributed by atoms with E-state index >= 15 is 0 Å². The molecule has 6 heteroatoms. The van der Waals surface area contributed by atoms with Gasteiger partial charge >= 0.3 is 6.03 Å². The molecule has 2 aromatic rings. The van der Waals surface area contributed by atoms with E-state index in [0.29, 0.717) is 18.3 Å². The van der Waals surface area contributed by atoms with Crippen LogP contribution in [0.5, 0.6) is 0 Å². The highest BCUT2D eigenvalue weighted by Gasteiger charge is 2.10. The lowest BCUT2D eigenvalue weighted by molar-refractivity contribution is 0.236. The summed E-state index contributed by atoms with van der Waals surface area (Å²) in [6.07, 6.45) is 5.36. The number of thioether (sulfide) groups is 1. The van der Waals surface area contributed by atoms with E-state index in [1.54, 1.807) is 24.3 Å². The Morgan fingerprint density at radius 3 is 2.77 bits per heavy atom. The van der Waals surface area contributed by atoms with Crippen molar-refractivity contribution >= 4 is 17.8 Å². The molecule has 0 radical (unpaired) electrons. The minimum absolute atomic E-state index is 0.0475. The van der Waals surface area contributed by atoms with Crippen LogP contribution < -0.4 is 10.6 Å². The van der Waals surface area contributed by atoms with E-state index in [9.17, 15) is 4.79 Å². The molecule has 0 aliphatic heterocycles. The van der Waals surface area contributed by atoms with Crippen molar-refractivity contribution in [2.75, 3.05) is 6.54 Å². The van der Waals surface area contributed by atoms with E-state index in [0.717, 1.165) is 0 Å². The van der Waals surface area contributed by atoms with Gasteiger partial charge in [0, 0.05) is 41.7 Å². The number of hydrogen-bond acceptors (Lipinski definition) is 3. The van der Waals surface area contributed by atoms with Crippen LogP contribution in [0.2, 0.25) is 0 Å². The highest BCUT2D eigenvalue weighted by atomic mass is 32.2. The number of amides is 2. The van der Waals surface area contributed by atoms with Crippen LogP contribution >= 0.6 is 11.8 Å². The predicted molar refractivity (Wildman–Crippen MR) is 90.0 cm³/mol. The van der Waals surface area contributed by atoms with Crippen molar-refractivity contribution in [3.05, 3.63) is 49.1 Å². The third-order valence-corrected chi connectivity index (χ3v) is 4.17. The Balaban J connectivity index is 1.66. The van der Waals surface area contributed by atoms with E-state index in [2.05, 4.69) is 34.7 Å². The average molecular weight is 318 g/mol. The van der Waals surface area contributed by atoms with E-state index in [1.165, 1.54) is 4.90 Å². The van der Waals surface area contributed by atoms with Crippen LogP contribution in [0.15, 0.2) is 53.9 Å². The average Bonchev–Trinajstić information content (AvgIpc) is 2.99. The minimum Gasteiger partial charge on any atom is -0.337 e. The fourth-order valence-electron chi connectivity index (χ4n) is 2.04. The van der Waals surface area contributed by atoms with Gasteiger partial charge in [-0.05, 0) is 19.1 Å². The minimum atomic E-state index is -0.131. The number of nitrogens with one attached hydrogen (secondary N) is 2. The number of hydrogen-bond donors (Lipinski definition) is 2. The number of urea groups is 1. The van der Waals surface area contributed by atoms with Crippen molar-refractivity contribution < 1.29 is 4.79 Å². The summed E-state index contributed by atoms with van der Waals surface area (Å²) < 4.78 is 1.94. The maximum atomic E-state index is 11.9. The Morgan fingerprint density at radius 2 is 2.09 bits per heavy atom. The standard InChI is InChI=1S/C16H22N4OS/c1-13(11-20-9-8-17-12-20)19-16(21)18-10-14(2)22-15-6-4-3-5-7-15/h3-9,12-14H,10-11H2,1-2H3,(H2,18,19,21)/t13-,14+/m0/s1. The Kier molecular flexibility index (Phi) is 6.33. The molecule has 0 saturated carbocycles. The summed E-state index contributed by atoms with van der Waals surface area (Å²) >= 11 is 1.75. The topological polar surface area (TPSA) is 59.0 Å². The van der Waals surface area contributed by atoms with Crippen molar-refractivity contribution in [1.29, 1.82) is 0 Å². The summed E-state index contributed by atoms with van der Waals surface area (Å²) in [6, 6.07) is 10.1. The monoisotopic (exact) mass is 318 g/mol. The van der Waals surface area contributed by atoms with Crippen molar-refractivity contribution in [2.45, 2.75) is 36.6 Å². The number of benzene rings is 1. The van der Waals surface area contributed by atoms with Gasteiger partial charge < -0.3 is 15.2 Å². The zero-order valence-electron chi connectivity index (χ0n) is 12.9. The third kappa shape index (κ3) is 5.81. The molecule has 1 aromatic heterocycles. The molecule has 0 aliphatic carbocycles. The van der Waals surface area contributed by atoms with Crippen LogP contribution in [0.3, 0.4) is 0 Å². The lowest BCUT2D eigenvalue weighted by Gasteiger charge is -2.17. The molecule has 2 atom stereocenters. The SMILES string of the molecule is C[C@H](CNC(=O)N[C@@H](C)Cn1ccnc1)Sc1ccccc1. The summed E-state index contributed by atoms with van der Waals surface area (Å²) in [5.74, 6) is 0. The van der Waals surface area contributed by atoms with E-state index < -0.39 is 0 Å². The lowest BCUT2D eigenvalue weighted by Crippen LogP contribution is -2.44. The van der Waals surface area contributed by atoms with Crippen LogP contribution in [0.4, 0.5) is 4.79 Å². The quantitative estimate of drug-likeness (QED) is 0.772. The van der Waals surface area contributed by atoms with Crippen molar-refractivity contribution in [1.82, 2.24) is 20.2 Å². The van der Waals surface area contributed by atoms with Crippen LogP contribution in [-0.2, 0) is 6.54 Å². The normalized spacial score (nSPS) is 13.4. The Labute approximate surface area is 135 Å². The van der Waals surface area contributed by atoms with Gasteiger partial charge in [-0.25, -0.2) is 9.78 Å². The largest absolute Gasteiger partial charge is 0.337 e. The fourth-order valence-corrected chi connectivity index (χ4v) is 2.99. The second-order valence-corrected chi connectivity index (χ2v) is 6.77. The molecule has 2 amide bonds. The molecular weight excluding hydrogens is 296 g/mol. The number of nitrogens with zero attached hydrogens (tertiary/aromatic N) is 2. The number of carbonyl (C=O) groups is 1. The van der Waals surface area contributed by atoms with Gasteiger partial charge in [0.25, 0.3) is 0 Å². The van der Waals surface area contributed by atoms with Crippen LogP contribution in [0.1, 0.15) is 13.8 Å². The van der Waals surface area contributed by atoms with Gasteiger partial charge in [0.15, 0.2) is 0 Å². The van der Waals surface area contributed by atoms with Gasteiger partial charge in [-0.1, -0.05) is 25.1 Å². The molecule has 0 fully saturated rings. The first-order valence-electron chi connectivity index (χ1n) is 7.35. The van der Waals surface area contributed by atoms with Crippen LogP contribution in [-0.4, -0.2) is 33.4 Å². The molecule has 118 valence electrons. The van der Waals surface area contributed by atoms with Crippen molar-refractivity contribution in [2.24, 2.45) is 0 Å². The van der Waals surface area contributed by atoms with Gasteiger partial charge in [-0.3, -0.25) is 0 Å². The van der Waals surface area contributed by atoms with E-state index in [-0.39, 0.29) is 12.1 Å². The van der Waals surface area contributed by atoms with Gasteiger partial charge in [0.2, 0.25) is 0 Å². The van der Waals surface area contributed by atoms with Crippen LogP contribution in [0.25, 0.3) is 0 Å². The molecule has 5 nitrogen and oxygen atoms in total. The Morgan fingerprint density at radius 1 is 1.32 bits per heavy atom. The molecule has 0 bridgehead atoms.